The summed E-state index contributed by atoms with van der Waals surface area (Å²) in [5, 5.41) is 15.9. The van der Waals surface area contributed by atoms with E-state index < -0.39 is 12.1 Å². The highest BCUT2D eigenvalue weighted by Gasteiger charge is 2.33. The Morgan fingerprint density at radius 2 is 1.74 bits per heavy atom. The van der Waals surface area contributed by atoms with Crippen LogP contribution in [0.1, 0.15) is 43.8 Å². The molecule has 5 rings (SSSR count). The second-order valence-corrected chi connectivity index (χ2v) is 12.1. The van der Waals surface area contributed by atoms with Gasteiger partial charge in [0.2, 0.25) is 5.91 Å². The third kappa shape index (κ3) is 7.39. The summed E-state index contributed by atoms with van der Waals surface area (Å²) in [4.78, 5) is 20.3. The Morgan fingerprint density at radius 3 is 2.44 bits per heavy atom. The van der Waals surface area contributed by atoms with Crippen LogP contribution in [0.4, 0.5) is 5.69 Å². The number of hydrogen-bond acceptors (Lipinski definition) is 6. The molecule has 3 saturated heterocycles. The second kappa shape index (κ2) is 13.1. The third-order valence-corrected chi connectivity index (χ3v) is 8.92. The number of carbonyl (C=O) groups excluding carboxylic acids is 1. The Kier molecular flexibility index (Phi) is 9.56. The molecule has 1 unspecified atom stereocenters. The van der Waals surface area contributed by atoms with Crippen LogP contribution in [0.25, 0.3) is 0 Å². The van der Waals surface area contributed by atoms with E-state index in [9.17, 15) is 9.90 Å². The smallest absolute Gasteiger partial charge is 0.225 e. The Balaban J connectivity index is 1.24. The van der Waals surface area contributed by atoms with Crippen molar-refractivity contribution in [3.63, 3.8) is 0 Å². The van der Waals surface area contributed by atoms with Crippen LogP contribution in [0, 0.1) is 5.92 Å². The van der Waals surface area contributed by atoms with Gasteiger partial charge < -0.3 is 29.9 Å². The zero-order chi connectivity index (χ0) is 27.4. The molecule has 3 heterocycles. The highest BCUT2D eigenvalue weighted by molar-refractivity contribution is 6.32. The van der Waals surface area contributed by atoms with Crippen LogP contribution in [0.15, 0.2) is 42.5 Å². The number of amides is 1. The van der Waals surface area contributed by atoms with Gasteiger partial charge in [-0.25, -0.2) is 0 Å². The number of anilines is 1. The minimum Gasteiger partial charge on any atom is -0.489 e. The number of halogens is 2. The average Bonchev–Trinajstić information content (AvgIpc) is 3.63. The van der Waals surface area contributed by atoms with Gasteiger partial charge in [-0.05, 0) is 94.2 Å². The van der Waals surface area contributed by atoms with Crippen LogP contribution in [0.2, 0.25) is 10.0 Å². The molecule has 2 aromatic carbocycles. The molecule has 39 heavy (non-hydrogen) atoms. The Bertz CT molecular complexity index is 1100. The van der Waals surface area contributed by atoms with Gasteiger partial charge >= 0.3 is 0 Å². The van der Waals surface area contributed by atoms with E-state index in [0.29, 0.717) is 34.4 Å². The van der Waals surface area contributed by atoms with Crippen molar-refractivity contribution >= 4 is 34.8 Å². The van der Waals surface area contributed by atoms with Gasteiger partial charge in [0.05, 0.1) is 17.0 Å². The number of aliphatic hydroxyl groups excluding tert-OH is 1. The third-order valence-electron chi connectivity index (χ3n) is 8.37. The maximum atomic E-state index is 13.4. The zero-order valence-electron chi connectivity index (χ0n) is 22.7. The first-order valence-electron chi connectivity index (χ1n) is 14.2. The molecule has 3 atom stereocenters. The highest BCUT2D eigenvalue weighted by Crippen LogP contribution is 2.32. The van der Waals surface area contributed by atoms with Crippen molar-refractivity contribution in [1.29, 1.82) is 0 Å². The predicted octanol–water partition coefficient (Wildman–Crippen LogP) is 4.61. The van der Waals surface area contributed by atoms with Crippen molar-refractivity contribution in [1.82, 2.24) is 15.1 Å². The lowest BCUT2D eigenvalue weighted by Crippen LogP contribution is -2.48. The van der Waals surface area contributed by atoms with Crippen LogP contribution in [-0.4, -0.2) is 85.8 Å². The first kappa shape index (κ1) is 28.5. The summed E-state index contributed by atoms with van der Waals surface area (Å²) in [5.41, 5.74) is 1.76. The standard InChI is InChI=1S/C30H40Cl2N4O3/c1-34-15-11-25(12-16-34)39-28-9-4-21(18-26(28)32)29(37)27(20-35-13-2-3-14-35)33-30(38)22-10-17-36(19-22)24-7-5-23(31)6-8-24/h4-9,18,22,25,27,29,37H,2-3,10-17,19-20H2,1H3,(H,33,38)/t22?,27-,29-/m1/s1. The summed E-state index contributed by atoms with van der Waals surface area (Å²) >= 11 is 12.7. The van der Waals surface area contributed by atoms with Crippen molar-refractivity contribution in [2.45, 2.75) is 50.4 Å². The number of aliphatic hydroxyl groups is 1. The Morgan fingerprint density at radius 1 is 1.03 bits per heavy atom. The first-order valence-corrected chi connectivity index (χ1v) is 15.0. The zero-order valence-corrected chi connectivity index (χ0v) is 24.2. The largest absolute Gasteiger partial charge is 0.489 e. The van der Waals surface area contributed by atoms with Crippen molar-refractivity contribution in [2.75, 3.05) is 57.8 Å². The van der Waals surface area contributed by atoms with Gasteiger partial charge in [-0.1, -0.05) is 29.3 Å². The molecule has 0 aliphatic carbocycles. The summed E-state index contributed by atoms with van der Waals surface area (Å²) in [6.45, 7) is 6.05. The molecule has 3 aliphatic heterocycles. The molecule has 0 aromatic heterocycles. The summed E-state index contributed by atoms with van der Waals surface area (Å²) in [6.07, 6.45) is 4.27. The number of likely N-dealkylation sites (tertiary alicyclic amines) is 2. The average molecular weight is 576 g/mol. The van der Waals surface area contributed by atoms with Crippen LogP contribution in [0.5, 0.6) is 5.75 Å². The summed E-state index contributed by atoms with van der Waals surface area (Å²) in [6, 6.07) is 12.8. The van der Waals surface area contributed by atoms with Crippen LogP contribution < -0.4 is 15.0 Å². The lowest BCUT2D eigenvalue weighted by atomic mass is 9.99. The predicted molar refractivity (Wildman–Crippen MR) is 157 cm³/mol. The maximum absolute atomic E-state index is 13.4. The van der Waals surface area contributed by atoms with E-state index in [0.717, 1.165) is 70.5 Å². The van der Waals surface area contributed by atoms with Crippen LogP contribution in [-0.2, 0) is 4.79 Å². The summed E-state index contributed by atoms with van der Waals surface area (Å²) in [5.74, 6) is 0.501. The highest BCUT2D eigenvalue weighted by atomic mass is 35.5. The van der Waals surface area contributed by atoms with Crippen LogP contribution in [0.3, 0.4) is 0 Å². The molecule has 3 fully saturated rings. The van der Waals surface area contributed by atoms with Crippen molar-refractivity contribution in [3.05, 3.63) is 58.1 Å². The SMILES string of the molecule is CN1CCC(Oc2ccc([C@@H](O)[C@@H](CN3CCCC3)NC(=O)C3CCN(c4ccc(Cl)cc4)C3)cc2Cl)CC1. The van der Waals surface area contributed by atoms with Gasteiger partial charge in [0.1, 0.15) is 18.0 Å². The summed E-state index contributed by atoms with van der Waals surface area (Å²) in [7, 11) is 2.12. The monoisotopic (exact) mass is 574 g/mol. The van der Waals surface area contributed by atoms with Crippen molar-refractivity contribution < 1.29 is 14.6 Å². The van der Waals surface area contributed by atoms with E-state index in [1.807, 2.05) is 36.4 Å². The number of ether oxygens (including phenoxy) is 1. The lowest BCUT2D eigenvalue weighted by molar-refractivity contribution is -0.126. The number of hydrogen-bond donors (Lipinski definition) is 2. The first-order chi connectivity index (χ1) is 18.9. The minimum atomic E-state index is -0.877. The van der Waals surface area contributed by atoms with E-state index in [2.05, 4.69) is 27.1 Å². The van der Waals surface area contributed by atoms with Gasteiger partial charge in [0.15, 0.2) is 0 Å². The fraction of sp³-hybridized carbons (Fsp3) is 0.567. The molecule has 0 radical (unpaired) electrons. The van der Waals surface area contributed by atoms with Crippen molar-refractivity contribution in [2.24, 2.45) is 5.92 Å². The van der Waals surface area contributed by atoms with E-state index in [1.54, 1.807) is 6.07 Å². The molecule has 7 nitrogen and oxygen atoms in total. The van der Waals surface area contributed by atoms with E-state index in [4.69, 9.17) is 27.9 Å². The number of piperidine rings is 1. The lowest BCUT2D eigenvalue weighted by Gasteiger charge is -2.31. The normalized spacial score (nSPS) is 22.7. The Labute approximate surface area is 242 Å². The number of rotatable bonds is 9. The number of nitrogens with one attached hydrogen (secondary N) is 1. The van der Waals surface area contributed by atoms with Gasteiger partial charge in [0, 0.05) is 43.4 Å². The number of nitrogens with zero attached hydrogens (tertiary/aromatic N) is 3. The Hall–Kier alpha value is -2.03. The van der Waals surface area contributed by atoms with E-state index in [-0.39, 0.29) is 17.9 Å². The molecule has 2 aromatic rings. The molecular formula is C30H40Cl2N4O3. The maximum Gasteiger partial charge on any atom is 0.225 e. The molecule has 0 spiro atoms. The van der Waals surface area contributed by atoms with Crippen LogP contribution >= 0.6 is 23.2 Å². The molecule has 2 N–H and O–H groups in total. The molecule has 9 heteroatoms. The topological polar surface area (TPSA) is 68.3 Å². The fourth-order valence-electron chi connectivity index (χ4n) is 5.94. The quantitative estimate of drug-likeness (QED) is 0.456. The van der Waals surface area contributed by atoms with Gasteiger partial charge in [-0.15, -0.1) is 0 Å². The van der Waals surface area contributed by atoms with E-state index in [1.165, 1.54) is 0 Å². The number of carbonyl (C=O) groups is 1. The minimum absolute atomic E-state index is 0.0111. The summed E-state index contributed by atoms with van der Waals surface area (Å²) < 4.78 is 6.19. The molecule has 3 aliphatic rings. The fourth-order valence-corrected chi connectivity index (χ4v) is 6.30. The molecule has 212 valence electrons. The van der Waals surface area contributed by atoms with Gasteiger partial charge in [0.25, 0.3) is 0 Å². The second-order valence-electron chi connectivity index (χ2n) is 11.3. The van der Waals surface area contributed by atoms with Crippen molar-refractivity contribution in [3.8, 4) is 5.75 Å². The molecule has 1 amide bonds. The molecule has 0 bridgehead atoms. The number of benzene rings is 2. The van der Waals surface area contributed by atoms with Gasteiger partial charge in [-0.2, -0.15) is 0 Å². The molecular weight excluding hydrogens is 535 g/mol. The van der Waals surface area contributed by atoms with Gasteiger partial charge in [-0.3, -0.25) is 4.79 Å². The molecule has 0 saturated carbocycles. The van der Waals surface area contributed by atoms with E-state index >= 15 is 0 Å².